The van der Waals surface area contributed by atoms with Crippen molar-refractivity contribution in [2.75, 3.05) is 11.1 Å². The third-order valence-electron chi connectivity index (χ3n) is 3.43. The van der Waals surface area contributed by atoms with Gasteiger partial charge in [-0.05, 0) is 49.6 Å². The number of aromatic carboxylic acids is 1. The first-order valence-electron chi connectivity index (χ1n) is 6.76. The lowest BCUT2D eigenvalue weighted by Gasteiger charge is -2.21. The summed E-state index contributed by atoms with van der Waals surface area (Å²) in [5.41, 5.74) is 2.26. The highest BCUT2D eigenvalue weighted by molar-refractivity contribution is 8.00. The first-order chi connectivity index (χ1) is 9.49. The van der Waals surface area contributed by atoms with Crippen molar-refractivity contribution < 1.29 is 14.7 Å². The minimum atomic E-state index is -1.01. The van der Waals surface area contributed by atoms with Gasteiger partial charge in [-0.1, -0.05) is 12.5 Å². The van der Waals surface area contributed by atoms with Crippen LogP contribution in [-0.2, 0) is 4.79 Å². The molecule has 1 atom stereocenters. The van der Waals surface area contributed by atoms with E-state index in [1.807, 2.05) is 19.9 Å². The van der Waals surface area contributed by atoms with Crippen molar-refractivity contribution >= 4 is 29.3 Å². The lowest BCUT2D eigenvalue weighted by Crippen LogP contribution is -2.28. The number of carboxylic acids is 1. The Hall–Kier alpha value is -1.49. The van der Waals surface area contributed by atoms with Crippen molar-refractivity contribution in [3.8, 4) is 0 Å². The number of carbonyl (C=O) groups excluding carboxylic acids is 1. The summed E-state index contributed by atoms with van der Waals surface area (Å²) in [4.78, 5) is 23.6. The van der Waals surface area contributed by atoms with Crippen LogP contribution < -0.4 is 5.32 Å². The summed E-state index contributed by atoms with van der Waals surface area (Å²) in [7, 11) is 0. The van der Waals surface area contributed by atoms with Crippen LogP contribution in [0.5, 0.6) is 0 Å². The second-order valence-electron chi connectivity index (χ2n) is 5.15. The zero-order valence-electron chi connectivity index (χ0n) is 11.7. The fourth-order valence-corrected chi connectivity index (χ4v) is 3.65. The molecule has 2 N–H and O–H groups in total. The number of carbonyl (C=O) groups is 2. The summed E-state index contributed by atoms with van der Waals surface area (Å²) < 4.78 is 0. The van der Waals surface area contributed by atoms with Crippen LogP contribution in [0.25, 0.3) is 0 Å². The molecule has 1 amide bonds. The molecule has 0 radical (unpaired) electrons. The van der Waals surface area contributed by atoms with Gasteiger partial charge in [0.2, 0.25) is 5.91 Å². The van der Waals surface area contributed by atoms with Crippen LogP contribution >= 0.6 is 11.8 Å². The van der Waals surface area contributed by atoms with Gasteiger partial charge >= 0.3 is 5.97 Å². The normalized spacial score (nSPS) is 18.6. The number of nitrogens with one attached hydrogen (secondary N) is 1. The van der Waals surface area contributed by atoms with Gasteiger partial charge in [-0.3, -0.25) is 4.79 Å². The maximum atomic E-state index is 12.3. The molecule has 0 aromatic heterocycles. The van der Waals surface area contributed by atoms with Gasteiger partial charge < -0.3 is 10.4 Å². The highest BCUT2D eigenvalue weighted by atomic mass is 32.2. The number of carboxylic acid groups (broad SMARTS) is 1. The average molecular weight is 293 g/mol. The summed E-state index contributed by atoms with van der Waals surface area (Å²) in [6.45, 7) is 3.67. The molecule has 1 aliphatic rings. The fraction of sp³-hybridized carbons (Fsp3) is 0.467. The Kier molecular flexibility index (Phi) is 4.70. The molecule has 0 spiro atoms. The average Bonchev–Trinajstić information content (AvgIpc) is 2.42. The smallest absolute Gasteiger partial charge is 0.337 e. The highest BCUT2D eigenvalue weighted by Gasteiger charge is 2.24. The second kappa shape index (κ2) is 6.31. The molecule has 20 heavy (non-hydrogen) atoms. The van der Waals surface area contributed by atoms with E-state index in [-0.39, 0.29) is 16.7 Å². The van der Waals surface area contributed by atoms with E-state index in [1.54, 1.807) is 17.8 Å². The number of benzene rings is 1. The summed E-state index contributed by atoms with van der Waals surface area (Å²) in [6.07, 6.45) is 3.08. The second-order valence-corrected chi connectivity index (χ2v) is 6.46. The van der Waals surface area contributed by atoms with Gasteiger partial charge in [0, 0.05) is 0 Å². The largest absolute Gasteiger partial charge is 0.478 e. The van der Waals surface area contributed by atoms with Crippen molar-refractivity contribution in [2.24, 2.45) is 0 Å². The lowest BCUT2D eigenvalue weighted by molar-refractivity contribution is -0.115. The van der Waals surface area contributed by atoms with Gasteiger partial charge in [0.15, 0.2) is 0 Å². The molecule has 2 rings (SSSR count). The molecule has 1 aromatic rings. The monoisotopic (exact) mass is 293 g/mol. The predicted molar refractivity (Wildman–Crippen MR) is 81.6 cm³/mol. The molecule has 0 saturated carbocycles. The van der Waals surface area contributed by atoms with E-state index in [4.69, 9.17) is 0 Å². The number of thioether (sulfide) groups is 1. The van der Waals surface area contributed by atoms with E-state index in [9.17, 15) is 14.7 Å². The number of rotatable bonds is 3. The van der Waals surface area contributed by atoms with Crippen molar-refractivity contribution in [1.82, 2.24) is 0 Å². The molecule has 1 unspecified atom stereocenters. The van der Waals surface area contributed by atoms with Crippen LogP contribution in [0.3, 0.4) is 0 Å². The van der Waals surface area contributed by atoms with Crippen molar-refractivity contribution in [3.05, 3.63) is 28.8 Å². The first-order valence-corrected chi connectivity index (χ1v) is 7.81. The van der Waals surface area contributed by atoms with Crippen molar-refractivity contribution in [1.29, 1.82) is 0 Å². The van der Waals surface area contributed by atoms with Gasteiger partial charge in [0.05, 0.1) is 16.5 Å². The van der Waals surface area contributed by atoms with E-state index >= 15 is 0 Å². The van der Waals surface area contributed by atoms with Gasteiger partial charge in [0.1, 0.15) is 0 Å². The molecular weight excluding hydrogens is 274 g/mol. The minimum absolute atomic E-state index is 0.0638. The quantitative estimate of drug-likeness (QED) is 0.898. The minimum Gasteiger partial charge on any atom is -0.478 e. The molecule has 5 heteroatoms. The van der Waals surface area contributed by atoms with Crippen LogP contribution in [0.2, 0.25) is 0 Å². The van der Waals surface area contributed by atoms with Crippen LogP contribution in [-0.4, -0.2) is 28.0 Å². The fourth-order valence-electron chi connectivity index (χ4n) is 2.45. The SMILES string of the molecule is Cc1cc(C)c(NC(=O)C2CCCCS2)c(C(=O)O)c1. The van der Waals surface area contributed by atoms with Crippen molar-refractivity contribution in [3.63, 3.8) is 0 Å². The van der Waals surface area contributed by atoms with Crippen LogP contribution in [0.1, 0.15) is 40.7 Å². The third-order valence-corrected chi connectivity index (χ3v) is 4.81. The van der Waals surface area contributed by atoms with E-state index in [2.05, 4.69) is 5.32 Å². The molecular formula is C15H19NO3S. The highest BCUT2D eigenvalue weighted by Crippen LogP contribution is 2.28. The molecule has 0 aliphatic carbocycles. The summed E-state index contributed by atoms with van der Waals surface area (Å²) in [6, 6.07) is 3.48. The Morgan fingerprint density at radius 2 is 2.05 bits per heavy atom. The summed E-state index contributed by atoms with van der Waals surface area (Å²) >= 11 is 1.65. The molecule has 108 valence electrons. The Labute approximate surface area is 123 Å². The lowest BCUT2D eigenvalue weighted by atomic mass is 10.0. The first kappa shape index (κ1) is 14.9. The van der Waals surface area contributed by atoms with Gasteiger partial charge in [0.25, 0.3) is 0 Å². The molecule has 1 fully saturated rings. The Morgan fingerprint density at radius 3 is 2.65 bits per heavy atom. The molecule has 4 nitrogen and oxygen atoms in total. The van der Waals surface area contributed by atoms with Crippen LogP contribution in [0.15, 0.2) is 12.1 Å². The number of hydrogen-bond donors (Lipinski definition) is 2. The number of anilines is 1. The van der Waals surface area contributed by atoms with E-state index in [0.29, 0.717) is 5.69 Å². The number of amides is 1. The Balaban J connectivity index is 2.23. The molecule has 1 saturated heterocycles. The molecule has 1 heterocycles. The predicted octanol–water partition coefficient (Wildman–Crippen LogP) is 3.23. The molecule has 1 aliphatic heterocycles. The van der Waals surface area contributed by atoms with Crippen molar-refractivity contribution in [2.45, 2.75) is 38.4 Å². The molecule has 1 aromatic carbocycles. The van der Waals surface area contributed by atoms with E-state index < -0.39 is 5.97 Å². The van der Waals surface area contributed by atoms with Gasteiger partial charge in [-0.2, -0.15) is 0 Å². The van der Waals surface area contributed by atoms with Crippen LogP contribution in [0, 0.1) is 13.8 Å². The molecule has 0 bridgehead atoms. The standard InChI is InChI=1S/C15H19NO3S/c1-9-7-10(2)13(11(8-9)15(18)19)16-14(17)12-5-3-4-6-20-12/h7-8,12H,3-6H2,1-2H3,(H,16,17)(H,18,19). The number of hydrogen-bond acceptors (Lipinski definition) is 3. The maximum Gasteiger partial charge on any atom is 0.337 e. The third kappa shape index (κ3) is 3.33. The maximum absolute atomic E-state index is 12.3. The topological polar surface area (TPSA) is 66.4 Å². The van der Waals surface area contributed by atoms with Gasteiger partial charge in [-0.25, -0.2) is 4.79 Å². The zero-order chi connectivity index (χ0) is 14.7. The van der Waals surface area contributed by atoms with Gasteiger partial charge in [-0.15, -0.1) is 11.8 Å². The number of aryl methyl sites for hydroxylation is 2. The summed E-state index contributed by atoms with van der Waals surface area (Å²) in [5.74, 6) is -0.0935. The van der Waals surface area contributed by atoms with E-state index in [1.165, 1.54) is 0 Å². The Morgan fingerprint density at radius 1 is 1.30 bits per heavy atom. The van der Waals surface area contributed by atoms with Crippen LogP contribution in [0.4, 0.5) is 5.69 Å². The summed E-state index contributed by atoms with van der Waals surface area (Å²) in [5, 5.41) is 12.0. The Bertz CT molecular complexity index is 536. The van der Waals surface area contributed by atoms with E-state index in [0.717, 1.165) is 36.1 Å². The zero-order valence-corrected chi connectivity index (χ0v) is 12.5.